The van der Waals surface area contributed by atoms with Crippen molar-refractivity contribution < 1.29 is 9.53 Å². The van der Waals surface area contributed by atoms with Crippen molar-refractivity contribution in [3.63, 3.8) is 0 Å². The molecule has 0 aliphatic rings. The van der Waals surface area contributed by atoms with Gasteiger partial charge in [0, 0.05) is 24.2 Å². The Bertz CT molecular complexity index is 1070. The molecular weight excluding hydrogens is 356 g/mol. The van der Waals surface area contributed by atoms with E-state index < -0.39 is 5.97 Å². The largest absolute Gasteiger partial charge is 0.464 e. The van der Waals surface area contributed by atoms with Crippen molar-refractivity contribution in [2.75, 3.05) is 7.11 Å². The molecule has 3 rings (SSSR count). The molecule has 0 saturated carbocycles. The summed E-state index contributed by atoms with van der Waals surface area (Å²) in [7, 11) is 1.29. The number of carbonyl (C=O) groups excluding carboxylic acids is 1. The third kappa shape index (κ3) is 3.01. The molecule has 134 valence electrons. The topological polar surface area (TPSA) is 79.0 Å². The number of pyridine rings is 2. The molecule has 0 spiro atoms. The highest BCUT2D eigenvalue weighted by molar-refractivity contribution is 6.31. The number of nitrogens with zero attached hydrogens (tertiary/aromatic N) is 4. The number of ether oxygens (including phenoxy) is 1. The molecule has 3 aromatic rings. The molecule has 3 heterocycles. The second-order valence-corrected chi connectivity index (χ2v) is 6.27. The molecule has 0 aromatic carbocycles. The van der Waals surface area contributed by atoms with E-state index in [0.29, 0.717) is 11.5 Å². The molecule has 0 unspecified atom stereocenters. The van der Waals surface area contributed by atoms with Crippen LogP contribution in [0, 0.1) is 20.8 Å². The molecule has 3 aromatic heterocycles. The molecule has 0 aliphatic heterocycles. The quantitative estimate of drug-likeness (QED) is 0.660. The van der Waals surface area contributed by atoms with E-state index in [1.807, 2.05) is 19.9 Å². The maximum absolute atomic E-state index is 12.7. The van der Waals surface area contributed by atoms with Crippen molar-refractivity contribution >= 4 is 17.6 Å². The van der Waals surface area contributed by atoms with Gasteiger partial charge in [0.1, 0.15) is 5.02 Å². The van der Waals surface area contributed by atoms with E-state index in [2.05, 4.69) is 14.8 Å². The van der Waals surface area contributed by atoms with Crippen LogP contribution in [0.1, 0.15) is 27.3 Å². The number of aromatic nitrogens is 4. The SMILES string of the molecule is COC(=O)c1ccn(-c2cc(-n3c(C)cc(C)c(Cl)c3=O)c(C)cn2)n1. The second-order valence-electron chi connectivity index (χ2n) is 5.89. The lowest BCUT2D eigenvalue weighted by Gasteiger charge is -2.15. The Morgan fingerprint density at radius 1 is 1.19 bits per heavy atom. The first-order valence-electron chi connectivity index (χ1n) is 7.83. The van der Waals surface area contributed by atoms with Crippen LogP contribution in [0.2, 0.25) is 5.02 Å². The molecule has 0 saturated heterocycles. The van der Waals surface area contributed by atoms with E-state index >= 15 is 0 Å². The van der Waals surface area contributed by atoms with Crippen LogP contribution in [-0.4, -0.2) is 32.4 Å². The lowest BCUT2D eigenvalue weighted by Crippen LogP contribution is -2.23. The van der Waals surface area contributed by atoms with Crippen LogP contribution in [0.4, 0.5) is 0 Å². The Labute approximate surface area is 154 Å². The summed E-state index contributed by atoms with van der Waals surface area (Å²) in [5.74, 6) is -0.0720. The minimum atomic E-state index is -0.534. The predicted molar refractivity (Wildman–Crippen MR) is 97.5 cm³/mol. The van der Waals surface area contributed by atoms with E-state index in [1.54, 1.807) is 30.0 Å². The Hall–Kier alpha value is -2.93. The summed E-state index contributed by atoms with van der Waals surface area (Å²) in [4.78, 5) is 28.6. The molecule has 0 atom stereocenters. The van der Waals surface area contributed by atoms with Crippen LogP contribution in [0.25, 0.3) is 11.5 Å². The van der Waals surface area contributed by atoms with E-state index in [1.165, 1.54) is 17.9 Å². The highest BCUT2D eigenvalue weighted by Crippen LogP contribution is 2.20. The number of aryl methyl sites for hydroxylation is 3. The molecule has 0 aliphatic carbocycles. The first kappa shape index (κ1) is 17.9. The summed E-state index contributed by atoms with van der Waals surface area (Å²) in [5.41, 5.74) is 2.82. The van der Waals surface area contributed by atoms with Gasteiger partial charge in [0.05, 0.1) is 12.8 Å². The number of methoxy groups -OCH3 is 1. The van der Waals surface area contributed by atoms with E-state index in [4.69, 9.17) is 11.6 Å². The maximum Gasteiger partial charge on any atom is 0.358 e. The lowest BCUT2D eigenvalue weighted by molar-refractivity contribution is 0.0593. The van der Waals surface area contributed by atoms with Gasteiger partial charge in [-0.05, 0) is 44.0 Å². The highest BCUT2D eigenvalue weighted by Gasteiger charge is 2.15. The van der Waals surface area contributed by atoms with E-state index in [0.717, 1.165) is 16.8 Å². The van der Waals surface area contributed by atoms with E-state index in [-0.39, 0.29) is 16.3 Å². The van der Waals surface area contributed by atoms with Crippen LogP contribution >= 0.6 is 11.6 Å². The fraction of sp³-hybridized carbons (Fsp3) is 0.222. The fourth-order valence-corrected chi connectivity index (χ4v) is 2.84. The van der Waals surface area contributed by atoms with Crippen LogP contribution in [-0.2, 0) is 4.74 Å². The molecule has 8 heteroatoms. The maximum atomic E-state index is 12.7. The van der Waals surface area contributed by atoms with Crippen molar-refractivity contribution in [1.29, 1.82) is 0 Å². The molecule has 0 fully saturated rings. The molecule has 0 radical (unpaired) electrons. The van der Waals surface area contributed by atoms with Crippen LogP contribution in [0.3, 0.4) is 0 Å². The van der Waals surface area contributed by atoms with Gasteiger partial charge in [0.15, 0.2) is 11.5 Å². The predicted octanol–water partition coefficient (Wildman–Crippen LogP) is 2.78. The summed E-state index contributed by atoms with van der Waals surface area (Å²) < 4.78 is 7.65. The summed E-state index contributed by atoms with van der Waals surface area (Å²) in [6.45, 7) is 5.49. The first-order chi connectivity index (χ1) is 12.3. The van der Waals surface area contributed by atoms with Crippen LogP contribution in [0.15, 0.2) is 35.4 Å². The normalized spacial score (nSPS) is 10.8. The van der Waals surface area contributed by atoms with Crippen molar-refractivity contribution in [3.8, 4) is 11.5 Å². The Morgan fingerprint density at radius 2 is 1.92 bits per heavy atom. The third-order valence-corrected chi connectivity index (χ3v) is 4.49. The Balaban J connectivity index is 2.16. The Kier molecular flexibility index (Phi) is 4.65. The van der Waals surface area contributed by atoms with E-state index in [9.17, 15) is 9.59 Å². The lowest BCUT2D eigenvalue weighted by atomic mass is 10.2. The number of carbonyl (C=O) groups is 1. The zero-order chi connectivity index (χ0) is 19.0. The molecule has 0 bridgehead atoms. The van der Waals surface area contributed by atoms with Gasteiger partial charge < -0.3 is 4.74 Å². The van der Waals surface area contributed by atoms with Gasteiger partial charge in [-0.2, -0.15) is 5.10 Å². The van der Waals surface area contributed by atoms with Gasteiger partial charge in [-0.1, -0.05) is 11.6 Å². The number of esters is 1. The second kappa shape index (κ2) is 6.76. The highest BCUT2D eigenvalue weighted by atomic mass is 35.5. The zero-order valence-electron chi connectivity index (χ0n) is 14.8. The van der Waals surface area contributed by atoms with Crippen molar-refractivity contribution in [2.45, 2.75) is 20.8 Å². The monoisotopic (exact) mass is 372 g/mol. The number of hydrogen-bond donors (Lipinski definition) is 0. The van der Waals surface area contributed by atoms with Crippen LogP contribution in [0.5, 0.6) is 0 Å². The number of halogens is 1. The Morgan fingerprint density at radius 3 is 2.62 bits per heavy atom. The molecule has 7 nitrogen and oxygen atoms in total. The van der Waals surface area contributed by atoms with Crippen molar-refractivity contribution in [1.82, 2.24) is 19.3 Å². The van der Waals surface area contributed by atoms with Crippen molar-refractivity contribution in [3.05, 3.63) is 68.5 Å². The summed E-state index contributed by atoms with van der Waals surface area (Å²) in [6, 6.07) is 5.11. The average molecular weight is 373 g/mol. The first-order valence-corrected chi connectivity index (χ1v) is 8.21. The number of rotatable bonds is 3. The minimum Gasteiger partial charge on any atom is -0.464 e. The van der Waals surface area contributed by atoms with Gasteiger partial charge in [-0.25, -0.2) is 14.5 Å². The average Bonchev–Trinajstić information content (AvgIpc) is 3.10. The molecule has 0 N–H and O–H groups in total. The number of hydrogen-bond acceptors (Lipinski definition) is 5. The molecular formula is C18H17ClN4O3. The standard InChI is InChI=1S/C18H17ClN4O3/c1-10-7-12(3)23(17(24)16(10)19)14-8-15(20-9-11(14)2)22-6-5-13(21-22)18(25)26-4/h5-9H,1-4H3. The van der Waals surface area contributed by atoms with Gasteiger partial charge >= 0.3 is 5.97 Å². The minimum absolute atomic E-state index is 0.170. The van der Waals surface area contributed by atoms with Crippen LogP contribution < -0.4 is 5.56 Å². The summed E-state index contributed by atoms with van der Waals surface area (Å²) in [6.07, 6.45) is 3.25. The summed E-state index contributed by atoms with van der Waals surface area (Å²) >= 11 is 6.15. The fourth-order valence-electron chi connectivity index (χ4n) is 2.70. The molecule has 26 heavy (non-hydrogen) atoms. The van der Waals surface area contributed by atoms with Gasteiger partial charge in [0.2, 0.25) is 0 Å². The van der Waals surface area contributed by atoms with Gasteiger partial charge in [-0.3, -0.25) is 9.36 Å². The third-order valence-electron chi connectivity index (χ3n) is 4.03. The summed E-state index contributed by atoms with van der Waals surface area (Å²) in [5, 5.41) is 4.34. The van der Waals surface area contributed by atoms with Gasteiger partial charge in [-0.15, -0.1) is 0 Å². The van der Waals surface area contributed by atoms with Crippen molar-refractivity contribution in [2.24, 2.45) is 0 Å². The molecule has 0 amide bonds. The zero-order valence-corrected chi connectivity index (χ0v) is 15.5. The smallest absolute Gasteiger partial charge is 0.358 e. The van der Waals surface area contributed by atoms with Gasteiger partial charge in [0.25, 0.3) is 5.56 Å².